The van der Waals surface area contributed by atoms with E-state index < -0.39 is 17.4 Å². The quantitative estimate of drug-likeness (QED) is 0.588. The van der Waals surface area contributed by atoms with Crippen LogP contribution in [-0.4, -0.2) is 33.5 Å². The number of Topliss-reactive ketones (excluding diaryl/α,β-unsaturated/α-hetero) is 1. The molecule has 1 aliphatic rings. The lowest BCUT2D eigenvalue weighted by atomic mass is 9.90. The van der Waals surface area contributed by atoms with Crippen molar-refractivity contribution in [2.75, 3.05) is 13.2 Å². The van der Waals surface area contributed by atoms with Crippen molar-refractivity contribution in [2.24, 2.45) is 5.92 Å². The maximum Gasteiger partial charge on any atom is 0.261 e. The molecule has 0 spiro atoms. The highest BCUT2D eigenvalue weighted by Crippen LogP contribution is 2.28. The molecule has 2 aromatic heterocycles. The molecule has 1 saturated heterocycles. The van der Waals surface area contributed by atoms with Gasteiger partial charge in [-0.3, -0.25) is 14.2 Å². The lowest BCUT2D eigenvalue weighted by molar-refractivity contribution is -0.122. The minimum atomic E-state index is -0.701. The van der Waals surface area contributed by atoms with Crippen LogP contribution in [0.3, 0.4) is 0 Å². The van der Waals surface area contributed by atoms with Crippen LogP contribution in [0.4, 0.5) is 4.39 Å². The van der Waals surface area contributed by atoms with Crippen LogP contribution in [0.15, 0.2) is 35.5 Å². The minimum absolute atomic E-state index is 0.0822. The Kier molecular flexibility index (Phi) is 6.03. The van der Waals surface area contributed by atoms with Gasteiger partial charge >= 0.3 is 0 Å². The molecule has 1 fully saturated rings. The van der Waals surface area contributed by atoms with Crippen molar-refractivity contribution in [1.82, 2.24) is 14.5 Å². The molecule has 0 radical (unpaired) electrons. The van der Waals surface area contributed by atoms with E-state index in [4.69, 9.17) is 16.3 Å². The molecule has 29 heavy (non-hydrogen) atoms. The molecule has 1 atom stereocenters. The van der Waals surface area contributed by atoms with Crippen LogP contribution >= 0.6 is 22.9 Å². The average molecular weight is 436 g/mol. The number of ether oxygens (including phenoxy) is 1. The van der Waals surface area contributed by atoms with Crippen molar-refractivity contribution >= 4 is 39.6 Å². The van der Waals surface area contributed by atoms with Crippen LogP contribution in [0.1, 0.15) is 30.3 Å². The predicted octanol–water partition coefficient (Wildman–Crippen LogP) is 3.82. The summed E-state index contributed by atoms with van der Waals surface area (Å²) >= 11 is 7.18. The van der Waals surface area contributed by atoms with Crippen molar-refractivity contribution in [2.45, 2.75) is 31.7 Å². The second kappa shape index (κ2) is 8.69. The van der Waals surface area contributed by atoms with Crippen LogP contribution < -0.4 is 5.56 Å². The van der Waals surface area contributed by atoms with Gasteiger partial charge in [0.2, 0.25) is 0 Å². The Bertz CT molecular complexity index is 1090. The maximum atomic E-state index is 13.7. The maximum absolute atomic E-state index is 13.7. The number of nitrogens with zero attached hydrogens (tertiary/aromatic N) is 3. The van der Waals surface area contributed by atoms with E-state index in [1.807, 2.05) is 0 Å². The molecule has 1 unspecified atom stereocenters. The monoisotopic (exact) mass is 435 g/mol. The molecule has 1 aromatic carbocycles. The molecule has 0 aliphatic carbocycles. The largest absolute Gasteiger partial charge is 0.381 e. The summed E-state index contributed by atoms with van der Waals surface area (Å²) in [6.07, 6.45) is 5.14. The summed E-state index contributed by atoms with van der Waals surface area (Å²) in [5, 5.41) is 0.763. The number of benzene rings is 1. The first-order valence-corrected chi connectivity index (χ1v) is 10.6. The molecule has 152 valence electrons. The van der Waals surface area contributed by atoms with E-state index in [-0.39, 0.29) is 23.5 Å². The van der Waals surface area contributed by atoms with Crippen molar-refractivity contribution in [3.63, 3.8) is 0 Å². The first-order valence-electron chi connectivity index (χ1n) is 9.38. The van der Waals surface area contributed by atoms with Gasteiger partial charge in [0, 0.05) is 13.2 Å². The Labute approximate surface area is 175 Å². The molecule has 0 saturated carbocycles. The average Bonchev–Trinajstić information content (AvgIpc) is 3.12. The number of fused-ring (bicyclic) bond motifs is 1. The first-order chi connectivity index (χ1) is 14.0. The Morgan fingerprint density at radius 1 is 1.34 bits per heavy atom. The van der Waals surface area contributed by atoms with Crippen LogP contribution in [0.5, 0.6) is 0 Å². The SMILES string of the molecule is O=C(Cc1ncc(Cl)s1)C(CC1CCOCC1)n1cnc2ccc(F)cc2c1=O. The summed E-state index contributed by atoms with van der Waals surface area (Å²) in [4.78, 5) is 34.7. The Morgan fingerprint density at radius 3 is 2.86 bits per heavy atom. The number of thiazole rings is 1. The third-order valence-electron chi connectivity index (χ3n) is 5.20. The van der Waals surface area contributed by atoms with Gasteiger partial charge in [0.25, 0.3) is 5.56 Å². The highest BCUT2D eigenvalue weighted by molar-refractivity contribution is 7.15. The van der Waals surface area contributed by atoms with E-state index in [2.05, 4.69) is 9.97 Å². The van der Waals surface area contributed by atoms with Gasteiger partial charge in [0.1, 0.15) is 15.2 Å². The molecule has 1 aliphatic heterocycles. The van der Waals surface area contributed by atoms with Crippen molar-refractivity contribution in [3.05, 3.63) is 56.2 Å². The van der Waals surface area contributed by atoms with Crippen LogP contribution in [-0.2, 0) is 16.0 Å². The van der Waals surface area contributed by atoms with E-state index in [0.717, 1.165) is 18.9 Å². The third-order valence-corrected chi connectivity index (χ3v) is 6.32. The zero-order valence-corrected chi connectivity index (χ0v) is 17.1. The van der Waals surface area contributed by atoms with Gasteiger partial charge in [-0.25, -0.2) is 14.4 Å². The number of carbonyl (C=O) groups is 1. The summed E-state index contributed by atoms with van der Waals surface area (Å²) < 4.78 is 21.0. The highest BCUT2D eigenvalue weighted by atomic mass is 35.5. The molecule has 0 bridgehead atoms. The number of hydrogen-bond donors (Lipinski definition) is 0. The summed E-state index contributed by atoms with van der Waals surface area (Å²) in [6.45, 7) is 1.29. The topological polar surface area (TPSA) is 74.1 Å². The van der Waals surface area contributed by atoms with Crippen LogP contribution in [0.2, 0.25) is 4.34 Å². The van der Waals surface area contributed by atoms with E-state index in [1.165, 1.54) is 40.6 Å². The highest BCUT2D eigenvalue weighted by Gasteiger charge is 2.28. The standard InChI is InChI=1S/C20H19ClFN3O3S/c21-18-10-23-19(29-18)9-17(26)16(7-12-3-5-28-6-4-12)25-11-24-15-2-1-13(22)8-14(15)20(25)27/h1-2,8,10-12,16H,3-7,9H2. The molecule has 3 heterocycles. The molecule has 3 aromatic rings. The van der Waals surface area contributed by atoms with Gasteiger partial charge in [-0.05, 0) is 43.4 Å². The van der Waals surface area contributed by atoms with Crippen molar-refractivity contribution in [3.8, 4) is 0 Å². The Hall–Kier alpha value is -2.16. The zero-order chi connectivity index (χ0) is 20.4. The van der Waals surface area contributed by atoms with E-state index in [0.29, 0.717) is 34.5 Å². The summed E-state index contributed by atoms with van der Waals surface area (Å²) in [6, 6.07) is 3.19. The second-order valence-corrected chi connectivity index (χ2v) is 8.87. The summed E-state index contributed by atoms with van der Waals surface area (Å²) in [7, 11) is 0. The summed E-state index contributed by atoms with van der Waals surface area (Å²) in [5.74, 6) is -0.395. The number of hydrogen-bond acceptors (Lipinski definition) is 6. The predicted molar refractivity (Wildman–Crippen MR) is 109 cm³/mol. The fraction of sp³-hybridized carbons (Fsp3) is 0.400. The molecular weight excluding hydrogens is 417 g/mol. The van der Waals surface area contributed by atoms with Crippen molar-refractivity contribution in [1.29, 1.82) is 0 Å². The second-order valence-electron chi connectivity index (χ2n) is 7.13. The van der Waals surface area contributed by atoms with Crippen LogP contribution in [0, 0.1) is 11.7 Å². The van der Waals surface area contributed by atoms with E-state index in [9.17, 15) is 14.0 Å². The molecular formula is C20H19ClFN3O3S. The summed E-state index contributed by atoms with van der Waals surface area (Å²) in [5.41, 5.74) is -0.0197. The van der Waals surface area contributed by atoms with E-state index >= 15 is 0 Å². The Morgan fingerprint density at radius 2 is 2.14 bits per heavy atom. The Balaban J connectivity index is 1.70. The number of carbonyl (C=O) groups excluding carboxylic acids is 1. The molecule has 0 N–H and O–H groups in total. The fourth-order valence-electron chi connectivity index (χ4n) is 3.66. The van der Waals surface area contributed by atoms with Gasteiger partial charge in [-0.15, -0.1) is 11.3 Å². The van der Waals surface area contributed by atoms with Crippen molar-refractivity contribution < 1.29 is 13.9 Å². The van der Waals surface area contributed by atoms with Crippen LogP contribution in [0.25, 0.3) is 10.9 Å². The third kappa shape index (κ3) is 4.55. The van der Waals surface area contributed by atoms with Gasteiger partial charge in [-0.1, -0.05) is 11.6 Å². The minimum Gasteiger partial charge on any atom is -0.381 e. The number of ketones is 1. The van der Waals surface area contributed by atoms with Gasteiger partial charge in [0.05, 0.1) is 35.9 Å². The lowest BCUT2D eigenvalue weighted by Crippen LogP contribution is -2.33. The van der Waals surface area contributed by atoms with Gasteiger partial charge < -0.3 is 4.74 Å². The molecule has 9 heteroatoms. The van der Waals surface area contributed by atoms with E-state index in [1.54, 1.807) is 0 Å². The molecule has 4 rings (SSSR count). The first kappa shape index (κ1) is 20.1. The lowest BCUT2D eigenvalue weighted by Gasteiger charge is -2.27. The normalized spacial score (nSPS) is 16.2. The smallest absolute Gasteiger partial charge is 0.261 e. The zero-order valence-electron chi connectivity index (χ0n) is 15.5. The van der Waals surface area contributed by atoms with Gasteiger partial charge in [-0.2, -0.15) is 0 Å². The molecule has 0 amide bonds. The number of halogens is 2. The number of aromatic nitrogens is 3. The molecule has 6 nitrogen and oxygen atoms in total. The number of rotatable bonds is 6. The fourth-order valence-corrected chi connectivity index (χ4v) is 4.63. The van der Waals surface area contributed by atoms with Gasteiger partial charge in [0.15, 0.2) is 5.78 Å².